The number of anilines is 2. The summed E-state index contributed by atoms with van der Waals surface area (Å²) in [6.45, 7) is 0. The molecule has 0 spiro atoms. The second kappa shape index (κ2) is 5.39. The van der Waals surface area contributed by atoms with Crippen molar-refractivity contribution in [3.8, 4) is 0 Å². The standard InChI is InChI=1S/C13H8F4N2O2/c14-10-3-1-7(5-9(10)13(15,16)17)19-8-2-4-11(12(20)21)18-6-8/h1-6,19H,(H,20,21). The maximum absolute atomic E-state index is 13.1. The number of aromatic nitrogens is 1. The summed E-state index contributed by atoms with van der Waals surface area (Å²) >= 11 is 0. The van der Waals surface area contributed by atoms with E-state index < -0.39 is 23.5 Å². The van der Waals surface area contributed by atoms with Crippen molar-refractivity contribution in [1.29, 1.82) is 0 Å². The molecular weight excluding hydrogens is 292 g/mol. The van der Waals surface area contributed by atoms with Gasteiger partial charge >= 0.3 is 12.1 Å². The summed E-state index contributed by atoms with van der Waals surface area (Å²) in [4.78, 5) is 14.2. The number of carbonyl (C=O) groups is 1. The summed E-state index contributed by atoms with van der Waals surface area (Å²) < 4.78 is 50.8. The van der Waals surface area contributed by atoms with E-state index in [9.17, 15) is 22.4 Å². The highest BCUT2D eigenvalue weighted by Crippen LogP contribution is 2.33. The van der Waals surface area contributed by atoms with E-state index in [-0.39, 0.29) is 17.1 Å². The predicted molar refractivity (Wildman–Crippen MR) is 65.9 cm³/mol. The molecule has 1 aromatic carbocycles. The number of nitrogens with one attached hydrogen (secondary N) is 1. The van der Waals surface area contributed by atoms with Crippen LogP contribution >= 0.6 is 0 Å². The van der Waals surface area contributed by atoms with E-state index in [4.69, 9.17) is 5.11 Å². The van der Waals surface area contributed by atoms with E-state index in [0.29, 0.717) is 12.1 Å². The molecule has 0 aliphatic rings. The van der Waals surface area contributed by atoms with Crippen LogP contribution in [0.25, 0.3) is 0 Å². The van der Waals surface area contributed by atoms with Crippen LogP contribution in [0.15, 0.2) is 36.5 Å². The van der Waals surface area contributed by atoms with Gasteiger partial charge in [0.2, 0.25) is 0 Å². The van der Waals surface area contributed by atoms with Crippen molar-refractivity contribution in [3.63, 3.8) is 0 Å². The number of halogens is 4. The molecule has 0 aliphatic heterocycles. The number of rotatable bonds is 3. The molecule has 4 nitrogen and oxygen atoms in total. The summed E-state index contributed by atoms with van der Waals surface area (Å²) in [6, 6.07) is 4.99. The number of carboxylic acid groups (broad SMARTS) is 1. The van der Waals surface area contributed by atoms with Gasteiger partial charge in [0.05, 0.1) is 17.4 Å². The highest BCUT2D eigenvalue weighted by Gasteiger charge is 2.34. The number of hydrogen-bond donors (Lipinski definition) is 2. The highest BCUT2D eigenvalue weighted by molar-refractivity contribution is 5.85. The normalized spacial score (nSPS) is 11.2. The summed E-state index contributed by atoms with van der Waals surface area (Å²) in [7, 11) is 0. The van der Waals surface area contributed by atoms with Gasteiger partial charge in [-0.1, -0.05) is 0 Å². The number of carboxylic acids is 1. The molecule has 0 amide bonds. The third-order valence-corrected chi connectivity index (χ3v) is 2.54. The lowest BCUT2D eigenvalue weighted by molar-refractivity contribution is -0.139. The summed E-state index contributed by atoms with van der Waals surface area (Å²) in [6.07, 6.45) is -3.65. The Morgan fingerprint density at radius 3 is 2.33 bits per heavy atom. The number of aromatic carboxylic acids is 1. The molecule has 8 heteroatoms. The van der Waals surface area contributed by atoms with Crippen LogP contribution in [0, 0.1) is 5.82 Å². The van der Waals surface area contributed by atoms with Crippen molar-refractivity contribution >= 4 is 17.3 Å². The molecule has 1 heterocycles. The minimum Gasteiger partial charge on any atom is -0.477 e. The van der Waals surface area contributed by atoms with Gasteiger partial charge < -0.3 is 10.4 Å². The summed E-state index contributed by atoms with van der Waals surface area (Å²) in [5.74, 6) is -2.59. The quantitative estimate of drug-likeness (QED) is 0.849. The van der Waals surface area contributed by atoms with E-state index in [0.717, 1.165) is 12.3 Å². The third kappa shape index (κ3) is 3.47. The molecule has 110 valence electrons. The fourth-order valence-corrected chi connectivity index (χ4v) is 1.58. The predicted octanol–water partition coefficient (Wildman–Crippen LogP) is 3.68. The smallest absolute Gasteiger partial charge is 0.419 e. The first-order valence-electron chi connectivity index (χ1n) is 5.60. The van der Waals surface area contributed by atoms with Gasteiger partial charge in [0.25, 0.3) is 0 Å². The molecule has 2 aromatic rings. The van der Waals surface area contributed by atoms with E-state index >= 15 is 0 Å². The average molecular weight is 300 g/mol. The first kappa shape index (κ1) is 14.8. The fraction of sp³-hybridized carbons (Fsp3) is 0.0769. The fourth-order valence-electron chi connectivity index (χ4n) is 1.58. The molecule has 0 saturated heterocycles. The maximum Gasteiger partial charge on any atom is 0.419 e. The number of benzene rings is 1. The topological polar surface area (TPSA) is 62.2 Å². The Hall–Kier alpha value is -2.64. The molecule has 0 fully saturated rings. The van der Waals surface area contributed by atoms with Crippen LogP contribution in [0.1, 0.15) is 16.1 Å². The summed E-state index contributed by atoms with van der Waals surface area (Å²) in [5, 5.41) is 11.3. The van der Waals surface area contributed by atoms with Gasteiger partial charge in [-0.15, -0.1) is 0 Å². The van der Waals surface area contributed by atoms with Crippen LogP contribution in [0.3, 0.4) is 0 Å². The zero-order chi connectivity index (χ0) is 15.6. The highest BCUT2D eigenvalue weighted by atomic mass is 19.4. The van der Waals surface area contributed by atoms with E-state index in [1.807, 2.05) is 0 Å². The molecule has 2 N–H and O–H groups in total. The maximum atomic E-state index is 13.1. The van der Waals surface area contributed by atoms with Crippen LogP contribution in [0.4, 0.5) is 28.9 Å². The largest absolute Gasteiger partial charge is 0.477 e. The Kier molecular flexibility index (Phi) is 3.79. The molecule has 2 rings (SSSR count). The molecule has 21 heavy (non-hydrogen) atoms. The molecule has 0 unspecified atom stereocenters. The SMILES string of the molecule is O=C(O)c1ccc(Nc2ccc(F)c(C(F)(F)F)c2)cn1. The molecule has 0 radical (unpaired) electrons. The Labute approximate surface area is 116 Å². The average Bonchev–Trinajstić information content (AvgIpc) is 2.40. The van der Waals surface area contributed by atoms with Gasteiger partial charge in [0, 0.05) is 5.69 Å². The monoisotopic (exact) mass is 300 g/mol. The minimum atomic E-state index is -4.80. The number of pyridine rings is 1. The van der Waals surface area contributed by atoms with Crippen molar-refractivity contribution in [1.82, 2.24) is 4.98 Å². The third-order valence-electron chi connectivity index (χ3n) is 2.54. The van der Waals surface area contributed by atoms with Crippen molar-refractivity contribution in [3.05, 3.63) is 53.6 Å². The zero-order valence-corrected chi connectivity index (χ0v) is 10.3. The Bertz CT molecular complexity index is 669. The lowest BCUT2D eigenvalue weighted by Gasteiger charge is -2.11. The zero-order valence-electron chi connectivity index (χ0n) is 10.3. The second-order valence-electron chi connectivity index (χ2n) is 4.05. The van der Waals surface area contributed by atoms with Gasteiger partial charge in [0.1, 0.15) is 11.5 Å². The molecular formula is C13H8F4N2O2. The van der Waals surface area contributed by atoms with Crippen LogP contribution < -0.4 is 5.32 Å². The molecule has 0 atom stereocenters. The van der Waals surface area contributed by atoms with Gasteiger partial charge in [-0.05, 0) is 30.3 Å². The number of alkyl halides is 3. The Morgan fingerprint density at radius 1 is 1.14 bits per heavy atom. The lowest BCUT2D eigenvalue weighted by atomic mass is 10.1. The second-order valence-corrected chi connectivity index (χ2v) is 4.05. The molecule has 1 aromatic heterocycles. The van der Waals surface area contributed by atoms with Crippen LogP contribution in [-0.2, 0) is 6.18 Å². The number of nitrogens with zero attached hydrogens (tertiary/aromatic N) is 1. The van der Waals surface area contributed by atoms with Gasteiger partial charge in [0.15, 0.2) is 0 Å². The molecule has 0 saturated carbocycles. The van der Waals surface area contributed by atoms with Crippen LogP contribution in [0.2, 0.25) is 0 Å². The molecule has 0 bridgehead atoms. The van der Waals surface area contributed by atoms with E-state index in [2.05, 4.69) is 10.3 Å². The Morgan fingerprint density at radius 2 is 1.81 bits per heavy atom. The van der Waals surface area contributed by atoms with Gasteiger partial charge in [-0.3, -0.25) is 0 Å². The summed E-state index contributed by atoms with van der Waals surface area (Å²) in [5.41, 5.74) is -1.30. The van der Waals surface area contributed by atoms with Crippen molar-refractivity contribution in [2.24, 2.45) is 0 Å². The van der Waals surface area contributed by atoms with Crippen molar-refractivity contribution in [2.75, 3.05) is 5.32 Å². The Balaban J connectivity index is 2.26. The van der Waals surface area contributed by atoms with Gasteiger partial charge in [-0.25, -0.2) is 14.2 Å². The first-order chi connectivity index (χ1) is 9.77. The van der Waals surface area contributed by atoms with Crippen LogP contribution in [-0.4, -0.2) is 16.1 Å². The van der Waals surface area contributed by atoms with Crippen molar-refractivity contribution in [2.45, 2.75) is 6.18 Å². The van der Waals surface area contributed by atoms with E-state index in [1.165, 1.54) is 12.1 Å². The first-order valence-corrected chi connectivity index (χ1v) is 5.60. The van der Waals surface area contributed by atoms with Crippen molar-refractivity contribution < 1.29 is 27.5 Å². The molecule has 0 aliphatic carbocycles. The lowest BCUT2D eigenvalue weighted by Crippen LogP contribution is -2.08. The van der Waals surface area contributed by atoms with Crippen LogP contribution in [0.5, 0.6) is 0 Å². The van der Waals surface area contributed by atoms with E-state index in [1.54, 1.807) is 0 Å². The van der Waals surface area contributed by atoms with Gasteiger partial charge in [-0.2, -0.15) is 13.2 Å². The number of hydrogen-bond acceptors (Lipinski definition) is 3. The minimum absolute atomic E-state index is 0.00796.